The molecule has 0 spiro atoms. The number of ether oxygens (including phenoxy) is 1. The summed E-state index contributed by atoms with van der Waals surface area (Å²) >= 11 is 0. The number of quaternary nitrogens is 1. The first-order valence-electron chi connectivity index (χ1n) is 4.56. The topological polar surface area (TPSA) is 26.3 Å². The third-order valence-electron chi connectivity index (χ3n) is 1.77. The Morgan fingerprint density at radius 3 is 2.21 bits per heavy atom. The zero-order chi connectivity index (χ0) is 10.5. The van der Waals surface area contributed by atoms with Crippen LogP contribution < -0.4 is 12.4 Å². The van der Waals surface area contributed by atoms with Crippen LogP contribution in [0.5, 0.6) is 0 Å². The highest BCUT2D eigenvalue weighted by Crippen LogP contribution is 2.09. The Morgan fingerprint density at radius 1 is 1.43 bits per heavy atom. The van der Waals surface area contributed by atoms with Gasteiger partial charge in [0, 0.05) is 12.5 Å². The smallest absolute Gasteiger partial charge is 0.334 e. The van der Waals surface area contributed by atoms with Crippen LogP contribution in [-0.4, -0.2) is 37.8 Å². The molecule has 0 saturated heterocycles. The summed E-state index contributed by atoms with van der Waals surface area (Å²) in [4.78, 5) is 11.1. The average Bonchev–Trinajstić information content (AvgIpc) is 1.98. The van der Waals surface area contributed by atoms with E-state index >= 15 is 0 Å². The van der Waals surface area contributed by atoms with Crippen molar-refractivity contribution >= 4 is 5.97 Å². The van der Waals surface area contributed by atoms with Crippen LogP contribution in [0, 0.1) is 0 Å². The van der Waals surface area contributed by atoms with Crippen molar-refractivity contribution in [1.82, 2.24) is 0 Å². The summed E-state index contributed by atoms with van der Waals surface area (Å²) in [7, 11) is 6.03. The van der Waals surface area contributed by atoms with Gasteiger partial charge in [0.1, 0.15) is 0 Å². The molecule has 0 aliphatic heterocycles. The molecule has 0 fully saturated rings. The van der Waals surface area contributed by atoms with Crippen molar-refractivity contribution in [3.63, 3.8) is 0 Å². The van der Waals surface area contributed by atoms with Crippen LogP contribution in [0.2, 0.25) is 0 Å². The molecule has 84 valence electrons. The van der Waals surface area contributed by atoms with Gasteiger partial charge in [0.2, 0.25) is 6.23 Å². The lowest BCUT2D eigenvalue weighted by molar-refractivity contribution is -0.916. The van der Waals surface area contributed by atoms with Crippen LogP contribution in [0.15, 0.2) is 12.2 Å². The van der Waals surface area contributed by atoms with E-state index in [0.717, 1.165) is 6.42 Å². The number of halogens is 1. The van der Waals surface area contributed by atoms with Crippen molar-refractivity contribution in [2.24, 2.45) is 0 Å². The molecule has 0 aliphatic rings. The van der Waals surface area contributed by atoms with Crippen molar-refractivity contribution < 1.29 is 26.4 Å². The molecular formula is C10H20ClNO2. The van der Waals surface area contributed by atoms with Gasteiger partial charge in [0.25, 0.3) is 0 Å². The molecule has 4 heteroatoms. The van der Waals surface area contributed by atoms with Crippen molar-refractivity contribution in [1.29, 1.82) is 0 Å². The Morgan fingerprint density at radius 2 is 1.93 bits per heavy atom. The lowest BCUT2D eigenvalue weighted by atomic mass is 10.3. The van der Waals surface area contributed by atoms with Crippen LogP contribution in [0.1, 0.15) is 20.3 Å². The van der Waals surface area contributed by atoms with Crippen LogP contribution >= 0.6 is 0 Å². The molecule has 1 atom stereocenters. The van der Waals surface area contributed by atoms with Crippen LogP contribution in [0.25, 0.3) is 0 Å². The van der Waals surface area contributed by atoms with Gasteiger partial charge in [-0.05, 0) is 6.92 Å². The summed E-state index contributed by atoms with van der Waals surface area (Å²) in [5, 5.41) is 0. The molecule has 0 bridgehead atoms. The van der Waals surface area contributed by atoms with Gasteiger partial charge in [-0.15, -0.1) is 0 Å². The number of allylic oxidation sites excluding steroid dienone is 1. The van der Waals surface area contributed by atoms with Gasteiger partial charge in [-0.25, -0.2) is 4.79 Å². The Hall–Kier alpha value is -0.540. The zero-order valence-electron chi connectivity index (χ0n) is 9.58. The number of hydrogen-bond acceptors (Lipinski definition) is 2. The molecule has 0 aromatic heterocycles. The number of esters is 1. The number of nitrogens with zero attached hydrogens (tertiary/aromatic N) is 1. The molecule has 0 aliphatic carbocycles. The molecule has 3 nitrogen and oxygen atoms in total. The predicted octanol–water partition coefficient (Wildman–Crippen LogP) is -1.45. The standard InChI is InChI=1S/C10H20NO2.ClH/c1-6-8-10(12)13-9(7-2)11(3,4)5;/h6,8-9H,7H2,1-5H3;1H/q+1;/p-1. The maximum absolute atomic E-state index is 11.1. The third kappa shape index (κ3) is 6.00. The Labute approximate surface area is 92.7 Å². The summed E-state index contributed by atoms with van der Waals surface area (Å²) in [6.07, 6.45) is 3.89. The first-order chi connectivity index (χ1) is 5.91. The fourth-order valence-corrected chi connectivity index (χ4v) is 1.10. The highest BCUT2D eigenvalue weighted by molar-refractivity contribution is 5.81. The summed E-state index contributed by atoms with van der Waals surface area (Å²) in [6.45, 7) is 3.81. The van der Waals surface area contributed by atoms with E-state index < -0.39 is 0 Å². The summed E-state index contributed by atoms with van der Waals surface area (Å²) < 4.78 is 5.89. The Kier molecular flexibility index (Phi) is 7.78. The van der Waals surface area contributed by atoms with E-state index in [2.05, 4.69) is 0 Å². The Balaban J connectivity index is 0. The molecule has 0 heterocycles. The van der Waals surface area contributed by atoms with Gasteiger partial charge in [0.05, 0.1) is 21.1 Å². The number of carbonyl (C=O) groups excluding carboxylic acids is 1. The maximum atomic E-state index is 11.1. The van der Waals surface area contributed by atoms with Crippen LogP contribution in [0.3, 0.4) is 0 Å². The monoisotopic (exact) mass is 221 g/mol. The number of carbonyl (C=O) groups is 1. The largest absolute Gasteiger partial charge is 1.00 e. The SMILES string of the molecule is CC=CC(=O)OC(CC)[N+](C)(C)C.[Cl-]. The molecule has 0 N–H and O–H groups in total. The van der Waals surface area contributed by atoms with Gasteiger partial charge in [-0.3, -0.25) is 4.48 Å². The van der Waals surface area contributed by atoms with E-state index in [9.17, 15) is 4.79 Å². The van der Waals surface area contributed by atoms with Crippen molar-refractivity contribution in [2.75, 3.05) is 21.1 Å². The lowest BCUT2D eigenvalue weighted by Gasteiger charge is -2.32. The van der Waals surface area contributed by atoms with Gasteiger partial charge < -0.3 is 17.1 Å². The maximum Gasteiger partial charge on any atom is 0.334 e. The zero-order valence-corrected chi connectivity index (χ0v) is 10.3. The van der Waals surface area contributed by atoms with E-state index in [4.69, 9.17) is 4.74 Å². The molecule has 0 radical (unpaired) electrons. The fourth-order valence-electron chi connectivity index (χ4n) is 1.10. The molecule has 0 aromatic carbocycles. The van der Waals surface area contributed by atoms with Crippen molar-refractivity contribution in [3.8, 4) is 0 Å². The summed E-state index contributed by atoms with van der Waals surface area (Å²) in [6, 6.07) is 0. The average molecular weight is 222 g/mol. The second kappa shape index (κ2) is 6.85. The quantitative estimate of drug-likeness (QED) is 0.251. The first kappa shape index (κ1) is 15.9. The normalized spacial score (nSPS) is 13.5. The predicted molar refractivity (Wildman–Crippen MR) is 53.0 cm³/mol. The summed E-state index contributed by atoms with van der Waals surface area (Å²) in [5.41, 5.74) is 0. The second-order valence-corrected chi connectivity index (χ2v) is 3.92. The Bertz CT molecular complexity index is 197. The first-order valence-corrected chi connectivity index (χ1v) is 4.56. The minimum absolute atomic E-state index is 0. The van der Waals surface area contributed by atoms with Crippen LogP contribution in [-0.2, 0) is 9.53 Å². The minimum Gasteiger partial charge on any atom is -1.00 e. The molecule has 0 amide bonds. The van der Waals surface area contributed by atoms with E-state index in [1.165, 1.54) is 6.08 Å². The van der Waals surface area contributed by atoms with E-state index in [0.29, 0.717) is 4.48 Å². The van der Waals surface area contributed by atoms with Gasteiger partial charge in [0.15, 0.2) is 0 Å². The molecule has 0 saturated carbocycles. The van der Waals surface area contributed by atoms with Crippen LogP contribution in [0.4, 0.5) is 0 Å². The lowest BCUT2D eigenvalue weighted by Crippen LogP contribution is -3.00. The second-order valence-electron chi connectivity index (χ2n) is 3.92. The van der Waals surface area contributed by atoms with E-state index in [1.54, 1.807) is 13.0 Å². The third-order valence-corrected chi connectivity index (χ3v) is 1.77. The van der Waals surface area contributed by atoms with E-state index in [1.807, 2.05) is 28.1 Å². The molecule has 0 rings (SSSR count). The highest BCUT2D eigenvalue weighted by Gasteiger charge is 2.24. The van der Waals surface area contributed by atoms with Gasteiger partial charge in [-0.1, -0.05) is 13.0 Å². The highest BCUT2D eigenvalue weighted by atomic mass is 35.5. The van der Waals surface area contributed by atoms with Gasteiger partial charge in [-0.2, -0.15) is 0 Å². The molecular weight excluding hydrogens is 202 g/mol. The number of rotatable bonds is 4. The van der Waals surface area contributed by atoms with Gasteiger partial charge >= 0.3 is 5.97 Å². The summed E-state index contributed by atoms with van der Waals surface area (Å²) in [5.74, 6) is -0.262. The van der Waals surface area contributed by atoms with Crippen molar-refractivity contribution in [2.45, 2.75) is 26.5 Å². The van der Waals surface area contributed by atoms with E-state index in [-0.39, 0.29) is 24.6 Å². The fraction of sp³-hybridized carbons (Fsp3) is 0.700. The minimum atomic E-state index is -0.262. The van der Waals surface area contributed by atoms with Crippen molar-refractivity contribution in [3.05, 3.63) is 12.2 Å². The molecule has 14 heavy (non-hydrogen) atoms. The molecule has 0 aromatic rings. The number of hydrogen-bond donors (Lipinski definition) is 0. The molecule has 1 unspecified atom stereocenters.